The molecule has 7 heteroatoms. The number of benzene rings is 3. The van der Waals surface area contributed by atoms with Crippen molar-refractivity contribution in [2.75, 3.05) is 18.5 Å². The number of halogens is 1. The molecule has 1 amide bonds. The summed E-state index contributed by atoms with van der Waals surface area (Å²) in [5, 5.41) is 6.00. The molecule has 0 heterocycles. The van der Waals surface area contributed by atoms with Crippen molar-refractivity contribution in [1.29, 1.82) is 0 Å². The number of para-hydroxylation sites is 2. The molecule has 5 nitrogen and oxygen atoms in total. The van der Waals surface area contributed by atoms with Crippen LogP contribution in [0.4, 0.5) is 5.69 Å². The van der Waals surface area contributed by atoms with Gasteiger partial charge in [-0.05, 0) is 66.9 Å². The van der Waals surface area contributed by atoms with E-state index >= 15 is 0 Å². The summed E-state index contributed by atoms with van der Waals surface area (Å²) in [5.41, 5.74) is 2.38. The molecule has 0 bridgehead atoms. The zero-order chi connectivity index (χ0) is 24.3. The predicted molar refractivity (Wildman–Crippen MR) is 145 cm³/mol. The van der Waals surface area contributed by atoms with Crippen LogP contribution in [0, 0.1) is 5.92 Å². The van der Waals surface area contributed by atoms with E-state index in [0.29, 0.717) is 41.9 Å². The van der Waals surface area contributed by atoms with Gasteiger partial charge < -0.3 is 14.8 Å². The molecule has 178 valence electrons. The zero-order valence-corrected chi connectivity index (χ0v) is 21.7. The first kappa shape index (κ1) is 25.7. The summed E-state index contributed by atoms with van der Waals surface area (Å²) in [5.74, 6) is 1.18. The third-order valence-corrected chi connectivity index (χ3v) is 5.53. The normalized spacial score (nSPS) is 10.6. The third kappa shape index (κ3) is 8.15. The number of amides is 1. The van der Waals surface area contributed by atoms with Gasteiger partial charge in [-0.1, -0.05) is 72.2 Å². The van der Waals surface area contributed by atoms with E-state index in [1.54, 1.807) is 12.1 Å². The predicted octanol–water partition coefficient (Wildman–Crippen LogP) is 6.62. The minimum absolute atomic E-state index is 0.181. The van der Waals surface area contributed by atoms with E-state index < -0.39 is 0 Å². The first-order valence-electron chi connectivity index (χ1n) is 11.2. The van der Waals surface area contributed by atoms with Gasteiger partial charge in [-0.2, -0.15) is 0 Å². The van der Waals surface area contributed by atoms with Gasteiger partial charge in [0.1, 0.15) is 11.5 Å². The van der Waals surface area contributed by atoms with Crippen LogP contribution in [0.3, 0.4) is 0 Å². The second-order valence-electron chi connectivity index (χ2n) is 8.19. The summed E-state index contributed by atoms with van der Waals surface area (Å²) in [6.45, 7) is 5.19. The maximum atomic E-state index is 12.9. The van der Waals surface area contributed by atoms with Gasteiger partial charge in [0.25, 0.3) is 5.91 Å². The summed E-state index contributed by atoms with van der Waals surface area (Å²) in [7, 11) is 0. The Bertz CT molecular complexity index is 1110. The van der Waals surface area contributed by atoms with Crippen molar-refractivity contribution in [1.82, 2.24) is 5.32 Å². The van der Waals surface area contributed by atoms with E-state index in [-0.39, 0.29) is 11.0 Å². The van der Waals surface area contributed by atoms with Gasteiger partial charge >= 0.3 is 0 Å². The van der Waals surface area contributed by atoms with E-state index in [4.69, 9.17) is 21.7 Å². The molecule has 0 aliphatic rings. The first-order chi connectivity index (χ1) is 16.4. The van der Waals surface area contributed by atoms with Crippen LogP contribution >= 0.6 is 28.1 Å². The highest BCUT2D eigenvalue weighted by atomic mass is 79.9. The fourth-order valence-corrected chi connectivity index (χ4v) is 3.75. The number of thiocarbonyl (C=S) groups is 1. The average Bonchev–Trinajstić information content (AvgIpc) is 2.82. The third-order valence-electron chi connectivity index (χ3n) is 4.83. The lowest BCUT2D eigenvalue weighted by atomic mass is 10.1. The highest BCUT2D eigenvalue weighted by Gasteiger charge is 2.16. The fraction of sp³-hybridized carbons (Fsp3) is 0.259. The van der Waals surface area contributed by atoms with Crippen LogP contribution in [0.15, 0.2) is 77.3 Å². The van der Waals surface area contributed by atoms with Crippen LogP contribution in [-0.2, 0) is 6.42 Å². The van der Waals surface area contributed by atoms with Crippen molar-refractivity contribution in [2.45, 2.75) is 26.7 Å². The molecule has 0 aliphatic carbocycles. The lowest BCUT2D eigenvalue weighted by Gasteiger charge is -2.16. The molecular weight excluding hydrogens is 512 g/mol. The van der Waals surface area contributed by atoms with E-state index in [9.17, 15) is 4.79 Å². The van der Waals surface area contributed by atoms with Crippen molar-refractivity contribution in [2.24, 2.45) is 5.92 Å². The summed E-state index contributed by atoms with van der Waals surface area (Å²) < 4.78 is 12.6. The van der Waals surface area contributed by atoms with Crippen molar-refractivity contribution >= 4 is 44.9 Å². The molecule has 3 aromatic carbocycles. The maximum Gasteiger partial charge on any atom is 0.261 e. The van der Waals surface area contributed by atoms with Gasteiger partial charge in [0.05, 0.1) is 24.5 Å². The van der Waals surface area contributed by atoms with Gasteiger partial charge in [-0.25, -0.2) is 0 Å². The molecule has 0 aliphatic heterocycles. The van der Waals surface area contributed by atoms with Gasteiger partial charge in [0, 0.05) is 4.47 Å². The maximum absolute atomic E-state index is 12.9. The lowest BCUT2D eigenvalue weighted by molar-refractivity contribution is 0.0973. The Kier molecular flexibility index (Phi) is 9.91. The van der Waals surface area contributed by atoms with Crippen LogP contribution in [0.5, 0.6) is 11.5 Å². The van der Waals surface area contributed by atoms with Gasteiger partial charge in [-0.15, -0.1) is 0 Å². The second-order valence-corrected chi connectivity index (χ2v) is 9.51. The molecule has 0 unspecified atom stereocenters. The number of rotatable bonds is 10. The number of anilines is 1. The van der Waals surface area contributed by atoms with Gasteiger partial charge in [0.15, 0.2) is 5.11 Å². The number of carbonyl (C=O) groups is 1. The number of aryl methyl sites for hydroxylation is 1. The number of hydrogen-bond acceptors (Lipinski definition) is 4. The Balaban J connectivity index is 1.58. The number of nitrogens with one attached hydrogen (secondary N) is 2. The monoisotopic (exact) mass is 540 g/mol. The molecule has 2 N–H and O–H groups in total. The van der Waals surface area contributed by atoms with Crippen molar-refractivity contribution in [3.05, 3.63) is 88.4 Å². The quantitative estimate of drug-likeness (QED) is 0.223. The Morgan fingerprint density at radius 1 is 0.971 bits per heavy atom. The van der Waals surface area contributed by atoms with Crippen molar-refractivity contribution in [3.8, 4) is 11.5 Å². The lowest BCUT2D eigenvalue weighted by Crippen LogP contribution is -2.34. The van der Waals surface area contributed by atoms with Crippen LogP contribution in [0.2, 0.25) is 0 Å². The molecule has 3 rings (SSSR count). The van der Waals surface area contributed by atoms with Crippen molar-refractivity contribution in [3.63, 3.8) is 0 Å². The topological polar surface area (TPSA) is 59.6 Å². The van der Waals surface area contributed by atoms with Crippen LogP contribution in [0.25, 0.3) is 0 Å². The van der Waals surface area contributed by atoms with E-state index in [1.165, 1.54) is 5.56 Å². The van der Waals surface area contributed by atoms with Gasteiger partial charge in [0.2, 0.25) is 0 Å². The standard InChI is InChI=1S/C27H29BrN2O3S/c1-19(2)18-33-24-15-14-21(28)17-22(24)26(31)30-27(34)29-23-12-6-7-13-25(23)32-16-8-11-20-9-4-3-5-10-20/h3-7,9-10,12-15,17,19H,8,11,16,18H2,1-2H3,(H2,29,30,31,34). The molecule has 0 saturated carbocycles. The minimum Gasteiger partial charge on any atom is -0.492 e. The Hall–Kier alpha value is -2.90. The van der Waals surface area contributed by atoms with Crippen LogP contribution in [-0.4, -0.2) is 24.2 Å². The average molecular weight is 542 g/mol. The molecule has 3 aromatic rings. The van der Waals surface area contributed by atoms with E-state index in [0.717, 1.165) is 17.3 Å². The first-order valence-corrected chi connectivity index (χ1v) is 12.4. The molecule has 0 fully saturated rings. The SMILES string of the molecule is CC(C)COc1ccc(Br)cc1C(=O)NC(=S)Nc1ccccc1OCCCc1ccccc1. The Morgan fingerprint density at radius 3 is 2.47 bits per heavy atom. The fourth-order valence-electron chi connectivity index (χ4n) is 3.18. The smallest absolute Gasteiger partial charge is 0.261 e. The molecule has 34 heavy (non-hydrogen) atoms. The summed E-state index contributed by atoms with van der Waals surface area (Å²) in [4.78, 5) is 12.9. The second kappa shape index (κ2) is 13.1. The van der Waals surface area contributed by atoms with Crippen molar-refractivity contribution < 1.29 is 14.3 Å². The zero-order valence-electron chi connectivity index (χ0n) is 19.3. The van der Waals surface area contributed by atoms with E-state index in [1.807, 2.05) is 48.5 Å². The molecule has 0 spiro atoms. The summed E-state index contributed by atoms with van der Waals surface area (Å²) >= 11 is 8.82. The molecule has 0 atom stereocenters. The van der Waals surface area contributed by atoms with E-state index in [2.05, 4.69) is 52.5 Å². The number of carbonyl (C=O) groups excluding carboxylic acids is 1. The number of hydrogen-bond donors (Lipinski definition) is 2. The van der Waals surface area contributed by atoms with Crippen LogP contribution < -0.4 is 20.1 Å². The minimum atomic E-state index is -0.348. The summed E-state index contributed by atoms with van der Waals surface area (Å²) in [6, 6.07) is 23.2. The summed E-state index contributed by atoms with van der Waals surface area (Å²) in [6.07, 6.45) is 1.83. The Morgan fingerprint density at radius 2 is 1.71 bits per heavy atom. The highest BCUT2D eigenvalue weighted by molar-refractivity contribution is 9.10. The molecule has 0 aromatic heterocycles. The number of ether oxygens (including phenoxy) is 2. The molecular formula is C27H29BrN2O3S. The van der Waals surface area contributed by atoms with Gasteiger partial charge in [-0.3, -0.25) is 10.1 Å². The molecule has 0 saturated heterocycles. The molecule has 0 radical (unpaired) electrons. The largest absolute Gasteiger partial charge is 0.492 e. The highest BCUT2D eigenvalue weighted by Crippen LogP contribution is 2.25. The van der Waals surface area contributed by atoms with Crippen LogP contribution in [0.1, 0.15) is 36.2 Å². The Labute approximate surface area is 215 Å².